The SMILES string of the molecule is CC(C)(C)C1=C[C]2C(=C([O-])c3ccccc32)C(=O)C1=O.[K+]. The minimum absolute atomic E-state index is 0. The van der Waals surface area contributed by atoms with Gasteiger partial charge < -0.3 is 5.11 Å². The standard InChI is InChI=1S/C17H15O3.K/c1-17(2,3)12-8-11-9-6-4-5-7-10(9)14(18)13(11)16(20)15(12)19;/h4-8,18H,1-3H3;/q;+1/p-1. The summed E-state index contributed by atoms with van der Waals surface area (Å²) >= 11 is 0. The van der Waals surface area contributed by atoms with E-state index >= 15 is 0 Å². The fourth-order valence-electron chi connectivity index (χ4n) is 2.69. The van der Waals surface area contributed by atoms with E-state index in [0.29, 0.717) is 17.1 Å². The Bertz CT molecular complexity index is 705. The molecule has 0 heterocycles. The van der Waals surface area contributed by atoms with Crippen LogP contribution >= 0.6 is 0 Å². The van der Waals surface area contributed by atoms with Crippen LogP contribution in [-0.4, -0.2) is 11.6 Å². The molecule has 21 heavy (non-hydrogen) atoms. The zero-order valence-corrected chi connectivity index (χ0v) is 15.7. The number of hydrogen-bond donors (Lipinski definition) is 0. The number of ketones is 2. The second-order valence-electron chi connectivity index (χ2n) is 6.13. The maximum Gasteiger partial charge on any atom is 1.00 e. The van der Waals surface area contributed by atoms with Crippen LogP contribution in [-0.2, 0) is 9.59 Å². The number of hydrogen-bond acceptors (Lipinski definition) is 3. The Balaban J connectivity index is 0.00000161. The predicted octanol–water partition coefficient (Wildman–Crippen LogP) is -1.18. The van der Waals surface area contributed by atoms with Crippen molar-refractivity contribution in [1.82, 2.24) is 0 Å². The largest absolute Gasteiger partial charge is 1.00 e. The average molecular weight is 305 g/mol. The quantitative estimate of drug-likeness (QED) is 0.448. The van der Waals surface area contributed by atoms with E-state index in [1.165, 1.54) is 0 Å². The van der Waals surface area contributed by atoms with Gasteiger partial charge in [-0.3, -0.25) is 9.59 Å². The van der Waals surface area contributed by atoms with E-state index in [1.807, 2.05) is 32.9 Å². The van der Waals surface area contributed by atoms with Crippen LogP contribution in [0.3, 0.4) is 0 Å². The third-order valence-electron chi connectivity index (χ3n) is 3.73. The molecule has 0 aromatic heterocycles. The molecule has 2 aliphatic carbocycles. The maximum absolute atomic E-state index is 12.3. The Labute approximate surface area is 166 Å². The molecular formula is C17H14KO3. The summed E-state index contributed by atoms with van der Waals surface area (Å²) in [5.41, 5.74) is 1.32. The molecule has 0 N–H and O–H groups in total. The van der Waals surface area contributed by atoms with Gasteiger partial charge in [-0.05, 0) is 16.5 Å². The van der Waals surface area contributed by atoms with Crippen molar-refractivity contribution in [1.29, 1.82) is 0 Å². The van der Waals surface area contributed by atoms with E-state index in [0.717, 1.165) is 5.56 Å². The Morgan fingerprint density at radius 3 is 2.10 bits per heavy atom. The van der Waals surface area contributed by atoms with E-state index in [9.17, 15) is 14.7 Å². The summed E-state index contributed by atoms with van der Waals surface area (Å²) in [5, 5.41) is 12.3. The first-order valence-corrected chi connectivity index (χ1v) is 6.52. The number of fused-ring (bicyclic) bond motifs is 3. The number of carbonyl (C=O) groups excluding carboxylic acids is 2. The summed E-state index contributed by atoms with van der Waals surface area (Å²) in [6.07, 6.45) is 1.71. The Hall–Kier alpha value is -0.524. The molecule has 0 spiro atoms. The van der Waals surface area contributed by atoms with Crippen molar-refractivity contribution >= 4 is 17.3 Å². The van der Waals surface area contributed by atoms with Gasteiger partial charge in [-0.1, -0.05) is 56.9 Å². The van der Waals surface area contributed by atoms with Gasteiger partial charge >= 0.3 is 51.4 Å². The predicted molar refractivity (Wildman–Crippen MR) is 73.3 cm³/mol. The second kappa shape index (κ2) is 5.59. The summed E-state index contributed by atoms with van der Waals surface area (Å²) in [6, 6.07) is 7.09. The van der Waals surface area contributed by atoms with Crippen LogP contribution in [0.5, 0.6) is 0 Å². The molecule has 0 saturated heterocycles. The van der Waals surface area contributed by atoms with Crippen molar-refractivity contribution in [3.8, 4) is 0 Å². The topological polar surface area (TPSA) is 57.2 Å². The normalized spacial score (nSPS) is 18.1. The minimum Gasteiger partial charge on any atom is -0.872 e. The van der Waals surface area contributed by atoms with Gasteiger partial charge in [-0.25, -0.2) is 0 Å². The molecule has 3 nitrogen and oxygen atoms in total. The Morgan fingerprint density at radius 2 is 1.52 bits per heavy atom. The molecule has 1 aromatic carbocycles. The van der Waals surface area contributed by atoms with Gasteiger partial charge in [0.15, 0.2) is 0 Å². The third kappa shape index (κ3) is 2.53. The van der Waals surface area contributed by atoms with E-state index < -0.39 is 17.0 Å². The second-order valence-corrected chi connectivity index (χ2v) is 6.13. The van der Waals surface area contributed by atoms with Crippen molar-refractivity contribution in [2.75, 3.05) is 0 Å². The van der Waals surface area contributed by atoms with E-state index in [4.69, 9.17) is 0 Å². The smallest absolute Gasteiger partial charge is 0.872 e. The molecule has 3 rings (SSSR count). The number of Topliss-reactive ketones (excluding diaryl/α,β-unsaturated/α-hetero) is 2. The zero-order valence-electron chi connectivity index (χ0n) is 12.6. The van der Waals surface area contributed by atoms with Crippen LogP contribution in [0, 0.1) is 11.3 Å². The molecule has 1 aromatic rings. The van der Waals surface area contributed by atoms with Gasteiger partial charge in [0.1, 0.15) is 0 Å². The Kier molecular flexibility index (Phi) is 4.49. The van der Waals surface area contributed by atoms with Gasteiger partial charge in [0.2, 0.25) is 11.6 Å². The van der Waals surface area contributed by atoms with Gasteiger partial charge in [0, 0.05) is 11.1 Å². The van der Waals surface area contributed by atoms with Crippen molar-refractivity contribution in [3.63, 3.8) is 0 Å². The first-order valence-electron chi connectivity index (χ1n) is 6.52. The van der Waals surface area contributed by atoms with Crippen LogP contribution in [0.25, 0.3) is 5.76 Å². The van der Waals surface area contributed by atoms with Crippen LogP contribution in [0.4, 0.5) is 0 Å². The molecule has 0 saturated carbocycles. The summed E-state index contributed by atoms with van der Waals surface area (Å²) in [6.45, 7) is 5.66. The molecule has 0 fully saturated rings. The summed E-state index contributed by atoms with van der Waals surface area (Å²) in [5.74, 6) is -0.968. The van der Waals surface area contributed by atoms with E-state index in [2.05, 4.69) is 0 Å². The van der Waals surface area contributed by atoms with Crippen molar-refractivity contribution in [3.05, 3.63) is 58.5 Å². The number of carbonyl (C=O) groups is 2. The fraction of sp³-hybridized carbons (Fsp3) is 0.235. The van der Waals surface area contributed by atoms with Crippen molar-refractivity contribution in [2.45, 2.75) is 20.8 Å². The third-order valence-corrected chi connectivity index (χ3v) is 3.73. The average Bonchev–Trinajstić information content (AvgIpc) is 2.67. The molecule has 0 bridgehead atoms. The maximum atomic E-state index is 12.3. The van der Waals surface area contributed by atoms with Gasteiger partial charge in [-0.15, -0.1) is 0 Å². The zero-order chi connectivity index (χ0) is 14.7. The van der Waals surface area contributed by atoms with Gasteiger partial charge in [0.05, 0.1) is 5.92 Å². The molecular weight excluding hydrogens is 291 g/mol. The first kappa shape index (κ1) is 16.8. The van der Waals surface area contributed by atoms with Crippen LogP contribution in [0.1, 0.15) is 31.9 Å². The molecule has 0 aliphatic heterocycles. The summed E-state index contributed by atoms with van der Waals surface area (Å²) < 4.78 is 0. The van der Waals surface area contributed by atoms with Crippen LogP contribution in [0.2, 0.25) is 0 Å². The van der Waals surface area contributed by atoms with Crippen molar-refractivity contribution in [2.24, 2.45) is 5.41 Å². The fourth-order valence-corrected chi connectivity index (χ4v) is 2.69. The molecule has 0 unspecified atom stereocenters. The van der Waals surface area contributed by atoms with Crippen LogP contribution in [0.15, 0.2) is 41.5 Å². The summed E-state index contributed by atoms with van der Waals surface area (Å²) in [7, 11) is 0. The molecule has 2 aliphatic rings. The number of benzene rings is 1. The Morgan fingerprint density at radius 1 is 0.952 bits per heavy atom. The summed E-state index contributed by atoms with van der Waals surface area (Å²) in [4.78, 5) is 24.5. The van der Waals surface area contributed by atoms with Crippen molar-refractivity contribution < 1.29 is 66.1 Å². The first-order chi connectivity index (χ1) is 9.32. The van der Waals surface area contributed by atoms with Gasteiger partial charge in [0.25, 0.3) is 0 Å². The van der Waals surface area contributed by atoms with E-state index in [-0.39, 0.29) is 62.7 Å². The monoisotopic (exact) mass is 305 g/mol. The molecule has 4 heteroatoms. The van der Waals surface area contributed by atoms with Crippen LogP contribution < -0.4 is 56.5 Å². The number of allylic oxidation sites excluding steroid dienone is 3. The molecule has 101 valence electrons. The van der Waals surface area contributed by atoms with E-state index in [1.54, 1.807) is 18.2 Å². The molecule has 0 atom stereocenters. The van der Waals surface area contributed by atoms with Gasteiger partial charge in [-0.2, -0.15) is 0 Å². The molecule has 0 amide bonds. The molecule has 1 radical (unpaired) electrons. The minimum atomic E-state index is -0.673. The number of rotatable bonds is 0.